The quantitative estimate of drug-likeness (QED) is 0.845. The highest BCUT2D eigenvalue weighted by Gasteiger charge is 2.30. The summed E-state index contributed by atoms with van der Waals surface area (Å²) in [7, 11) is 0. The second kappa shape index (κ2) is 4.88. The number of nitrogens with two attached hydrogens (primary N) is 1. The molecule has 0 saturated carbocycles. The molecule has 1 aliphatic heterocycles. The first-order chi connectivity index (χ1) is 7.77. The predicted octanol–water partition coefficient (Wildman–Crippen LogP) is 2.91. The molecule has 1 aromatic rings. The van der Waals surface area contributed by atoms with E-state index in [1.807, 2.05) is 0 Å². The fraction of sp³-hybridized carbons (Fsp3) is 0.571. The molecule has 16 heavy (non-hydrogen) atoms. The van der Waals surface area contributed by atoms with E-state index in [-0.39, 0.29) is 0 Å². The van der Waals surface area contributed by atoms with Crippen LogP contribution in [0.1, 0.15) is 38.7 Å². The Labute approximate surface area is 98.4 Å². The minimum atomic E-state index is 0.635. The van der Waals surface area contributed by atoms with Crippen LogP contribution in [0.2, 0.25) is 0 Å². The van der Waals surface area contributed by atoms with Crippen molar-refractivity contribution in [3.8, 4) is 0 Å². The summed E-state index contributed by atoms with van der Waals surface area (Å²) in [5.74, 6) is 0. The van der Waals surface area contributed by atoms with E-state index in [2.05, 4.69) is 43.0 Å². The van der Waals surface area contributed by atoms with Gasteiger partial charge in [0.15, 0.2) is 0 Å². The van der Waals surface area contributed by atoms with Crippen LogP contribution in [0.15, 0.2) is 24.3 Å². The van der Waals surface area contributed by atoms with Gasteiger partial charge in [-0.15, -0.1) is 0 Å². The van der Waals surface area contributed by atoms with Gasteiger partial charge in [-0.25, -0.2) is 0 Å². The lowest BCUT2D eigenvalue weighted by Crippen LogP contribution is -2.35. The summed E-state index contributed by atoms with van der Waals surface area (Å²) >= 11 is 0. The number of rotatable bonds is 3. The summed E-state index contributed by atoms with van der Waals surface area (Å²) in [5, 5.41) is 0. The number of anilines is 1. The van der Waals surface area contributed by atoms with Gasteiger partial charge < -0.3 is 10.6 Å². The van der Waals surface area contributed by atoms with Gasteiger partial charge in [0.2, 0.25) is 0 Å². The van der Waals surface area contributed by atoms with Gasteiger partial charge in [-0.3, -0.25) is 0 Å². The van der Waals surface area contributed by atoms with Crippen LogP contribution < -0.4 is 10.6 Å². The maximum Gasteiger partial charge on any atom is 0.0416 e. The van der Waals surface area contributed by atoms with Gasteiger partial charge in [0.25, 0.3) is 0 Å². The molecular formula is C14H22N2. The van der Waals surface area contributed by atoms with Crippen LogP contribution in [0, 0.1) is 0 Å². The number of para-hydroxylation sites is 1. The molecule has 2 N–H and O–H groups in total. The van der Waals surface area contributed by atoms with Crippen LogP contribution in [-0.4, -0.2) is 12.1 Å². The minimum Gasteiger partial charge on any atom is -0.366 e. The Morgan fingerprint density at radius 2 is 2.06 bits per heavy atom. The van der Waals surface area contributed by atoms with Crippen LogP contribution in [0.5, 0.6) is 0 Å². The lowest BCUT2D eigenvalue weighted by atomic mass is 10.1. The molecule has 88 valence electrons. The van der Waals surface area contributed by atoms with Crippen LogP contribution >= 0.6 is 0 Å². The second-order valence-electron chi connectivity index (χ2n) is 4.73. The number of benzene rings is 1. The van der Waals surface area contributed by atoms with Crippen molar-refractivity contribution in [3.63, 3.8) is 0 Å². The highest BCUT2D eigenvalue weighted by molar-refractivity contribution is 5.56. The first-order valence-corrected chi connectivity index (χ1v) is 6.34. The van der Waals surface area contributed by atoms with Crippen LogP contribution in [0.4, 0.5) is 5.69 Å². The van der Waals surface area contributed by atoms with E-state index in [0.29, 0.717) is 18.6 Å². The van der Waals surface area contributed by atoms with Crippen LogP contribution in [-0.2, 0) is 6.54 Å². The third kappa shape index (κ3) is 1.94. The highest BCUT2D eigenvalue weighted by atomic mass is 15.2. The molecule has 2 unspecified atom stereocenters. The van der Waals surface area contributed by atoms with E-state index in [4.69, 9.17) is 5.73 Å². The zero-order chi connectivity index (χ0) is 11.5. The van der Waals surface area contributed by atoms with Gasteiger partial charge in [-0.05, 0) is 37.8 Å². The van der Waals surface area contributed by atoms with Crippen molar-refractivity contribution >= 4 is 5.69 Å². The Morgan fingerprint density at radius 3 is 2.75 bits per heavy atom. The van der Waals surface area contributed by atoms with Crippen molar-refractivity contribution in [1.29, 1.82) is 0 Å². The molecule has 0 bridgehead atoms. The smallest absolute Gasteiger partial charge is 0.0416 e. The summed E-state index contributed by atoms with van der Waals surface area (Å²) < 4.78 is 0. The highest BCUT2D eigenvalue weighted by Crippen LogP contribution is 2.33. The Hall–Kier alpha value is -1.02. The van der Waals surface area contributed by atoms with Gasteiger partial charge >= 0.3 is 0 Å². The SMILES string of the molecule is CCC1CCC(C)N1c1ccccc1CN. The number of nitrogens with zero attached hydrogens (tertiary/aromatic N) is 1. The van der Waals surface area contributed by atoms with Crippen molar-refractivity contribution in [3.05, 3.63) is 29.8 Å². The largest absolute Gasteiger partial charge is 0.366 e. The summed E-state index contributed by atoms with van der Waals surface area (Å²) in [5.41, 5.74) is 8.45. The zero-order valence-electron chi connectivity index (χ0n) is 10.3. The van der Waals surface area contributed by atoms with Gasteiger partial charge in [-0.2, -0.15) is 0 Å². The van der Waals surface area contributed by atoms with E-state index in [1.54, 1.807) is 0 Å². The topological polar surface area (TPSA) is 29.3 Å². The Bertz CT molecular complexity index is 348. The molecule has 0 amide bonds. The van der Waals surface area contributed by atoms with Gasteiger partial charge in [0.05, 0.1) is 0 Å². The molecule has 1 aliphatic rings. The standard InChI is InChI=1S/C14H22N2/c1-3-13-9-8-11(2)16(13)14-7-5-4-6-12(14)10-15/h4-7,11,13H,3,8-10,15H2,1-2H3. The average molecular weight is 218 g/mol. The van der Waals surface area contributed by atoms with Crippen molar-refractivity contribution < 1.29 is 0 Å². The first-order valence-electron chi connectivity index (χ1n) is 6.34. The molecule has 1 aromatic carbocycles. The minimum absolute atomic E-state index is 0.635. The zero-order valence-corrected chi connectivity index (χ0v) is 10.3. The summed E-state index contributed by atoms with van der Waals surface area (Å²) in [4.78, 5) is 2.57. The maximum absolute atomic E-state index is 5.82. The average Bonchev–Trinajstić information content (AvgIpc) is 2.70. The van der Waals surface area contributed by atoms with E-state index in [1.165, 1.54) is 30.5 Å². The monoisotopic (exact) mass is 218 g/mol. The van der Waals surface area contributed by atoms with Gasteiger partial charge in [-0.1, -0.05) is 25.1 Å². The molecule has 0 aliphatic carbocycles. The molecule has 2 heteroatoms. The van der Waals surface area contributed by atoms with Crippen molar-refractivity contribution in [1.82, 2.24) is 0 Å². The van der Waals surface area contributed by atoms with E-state index in [9.17, 15) is 0 Å². The fourth-order valence-electron chi connectivity index (χ4n) is 2.84. The lowest BCUT2D eigenvalue weighted by molar-refractivity contribution is 0.625. The summed E-state index contributed by atoms with van der Waals surface area (Å²) in [6.45, 7) is 5.24. The van der Waals surface area contributed by atoms with E-state index < -0.39 is 0 Å². The summed E-state index contributed by atoms with van der Waals surface area (Å²) in [6.07, 6.45) is 3.84. The lowest BCUT2D eigenvalue weighted by Gasteiger charge is -2.32. The molecule has 0 aromatic heterocycles. The Kier molecular flexibility index (Phi) is 3.49. The van der Waals surface area contributed by atoms with E-state index >= 15 is 0 Å². The predicted molar refractivity (Wildman–Crippen MR) is 69.6 cm³/mol. The van der Waals surface area contributed by atoms with Gasteiger partial charge in [0.1, 0.15) is 0 Å². The molecule has 2 rings (SSSR count). The molecular weight excluding hydrogens is 196 g/mol. The molecule has 0 spiro atoms. The third-order valence-corrected chi connectivity index (χ3v) is 3.75. The number of hydrogen-bond donors (Lipinski definition) is 1. The maximum atomic E-state index is 5.82. The van der Waals surface area contributed by atoms with Crippen LogP contribution in [0.3, 0.4) is 0 Å². The van der Waals surface area contributed by atoms with Crippen molar-refractivity contribution in [2.24, 2.45) is 5.73 Å². The van der Waals surface area contributed by atoms with Crippen LogP contribution in [0.25, 0.3) is 0 Å². The second-order valence-corrected chi connectivity index (χ2v) is 4.73. The van der Waals surface area contributed by atoms with Crippen molar-refractivity contribution in [2.75, 3.05) is 4.90 Å². The molecule has 2 nitrogen and oxygen atoms in total. The van der Waals surface area contributed by atoms with Gasteiger partial charge in [0, 0.05) is 24.3 Å². The third-order valence-electron chi connectivity index (χ3n) is 3.75. The Morgan fingerprint density at radius 1 is 1.31 bits per heavy atom. The van der Waals surface area contributed by atoms with E-state index in [0.717, 1.165) is 0 Å². The molecule has 1 heterocycles. The summed E-state index contributed by atoms with van der Waals surface area (Å²) in [6, 6.07) is 9.90. The number of hydrogen-bond acceptors (Lipinski definition) is 2. The van der Waals surface area contributed by atoms with Crippen molar-refractivity contribution in [2.45, 2.75) is 51.7 Å². The first kappa shape index (κ1) is 11.5. The normalized spacial score (nSPS) is 25.1. The molecule has 0 radical (unpaired) electrons. The Balaban J connectivity index is 2.34. The molecule has 2 atom stereocenters. The fourth-order valence-corrected chi connectivity index (χ4v) is 2.84. The molecule has 1 fully saturated rings. The molecule has 1 saturated heterocycles.